The van der Waals surface area contributed by atoms with E-state index in [0.29, 0.717) is 57.0 Å². The van der Waals surface area contributed by atoms with E-state index in [4.69, 9.17) is 4.98 Å². The van der Waals surface area contributed by atoms with Crippen molar-refractivity contribution in [2.75, 3.05) is 0 Å². The van der Waals surface area contributed by atoms with Crippen molar-refractivity contribution in [3.8, 4) is 50.3 Å². The molecule has 8 aromatic rings. The maximum absolute atomic E-state index is 11.3. The lowest BCUT2D eigenvalue weighted by molar-refractivity contribution is 0.114. The highest BCUT2D eigenvalue weighted by Crippen LogP contribution is 2.41. The normalized spacial score (nSPS) is 21.2. The number of phenolic OH excluding ortho intramolecular Hbond substituents is 2. The Bertz CT molecular complexity index is 2950. The number of fused-ring (bicyclic) bond motifs is 2. The summed E-state index contributed by atoms with van der Waals surface area (Å²) in [6.45, 7) is 15.5. The van der Waals surface area contributed by atoms with E-state index >= 15 is 0 Å². The molecule has 8 heterocycles. The van der Waals surface area contributed by atoms with Crippen LogP contribution in [0.5, 0.6) is 11.5 Å². The molecule has 2 fully saturated rings. The number of hydrogen-bond acceptors (Lipinski definition) is 16. The molecule has 62 heavy (non-hydrogen) atoms. The molecule has 318 valence electrons. The van der Waals surface area contributed by atoms with Crippen LogP contribution >= 0.6 is 11.3 Å². The lowest BCUT2D eigenvalue weighted by Crippen LogP contribution is -2.60. The molecule has 10 rings (SSSR count). The Kier molecular flexibility index (Phi) is 9.23. The van der Waals surface area contributed by atoms with Gasteiger partial charge in [-0.1, -0.05) is 16.5 Å². The highest BCUT2D eigenvalue weighted by atomic mass is 32.1. The molecule has 4 N–H and O–H groups in total. The predicted molar refractivity (Wildman–Crippen MR) is 234 cm³/mol. The number of aromatic hydroxyl groups is 2. The van der Waals surface area contributed by atoms with Gasteiger partial charge in [0.2, 0.25) is 11.3 Å². The van der Waals surface area contributed by atoms with E-state index in [1.165, 1.54) is 6.33 Å². The molecule has 18 nitrogen and oxygen atoms in total. The van der Waals surface area contributed by atoms with Crippen LogP contribution in [-0.4, -0.2) is 102 Å². The highest BCUT2D eigenvalue weighted by Gasteiger charge is 2.43. The molecule has 0 saturated carbocycles. The van der Waals surface area contributed by atoms with E-state index in [-0.39, 0.29) is 45.7 Å². The number of hydrogen-bond donors (Lipinski definition) is 4. The summed E-state index contributed by atoms with van der Waals surface area (Å²) in [6, 6.07) is 14.5. The Balaban J connectivity index is 0.847. The van der Waals surface area contributed by atoms with Gasteiger partial charge in [-0.3, -0.25) is 0 Å². The largest absolute Gasteiger partial charge is 0.507 e. The minimum absolute atomic E-state index is 0.0184. The molecular weight excluding hydrogens is 805 g/mol. The minimum Gasteiger partial charge on any atom is -0.507 e. The van der Waals surface area contributed by atoms with Gasteiger partial charge in [0.15, 0.2) is 0 Å². The third kappa shape index (κ3) is 7.53. The molecule has 0 spiro atoms. The SMILES string of the molecule is CC1(C)CC(n2nnc3cc(-c4ccc(-c5nc(CC6(C)CC(n7nnc8cc(-c9ccc(-n%10cncn%10)cc9O)nnc87)CC(C)(C)N6)cs5)cc4O)nnc32)CC(C)(C)N1. The van der Waals surface area contributed by atoms with E-state index < -0.39 is 0 Å². The number of thiazole rings is 1. The lowest BCUT2D eigenvalue weighted by Gasteiger charge is -2.48. The van der Waals surface area contributed by atoms with Crippen molar-refractivity contribution in [1.82, 2.24) is 80.8 Å². The zero-order chi connectivity index (χ0) is 43.2. The lowest BCUT2D eigenvalue weighted by atomic mass is 9.76. The Morgan fingerprint density at radius 3 is 1.84 bits per heavy atom. The molecule has 0 radical (unpaired) electrons. The molecule has 2 unspecified atom stereocenters. The van der Waals surface area contributed by atoms with E-state index in [1.807, 2.05) is 33.6 Å². The second kappa shape index (κ2) is 14.4. The monoisotopic (exact) mass is 852 g/mol. The van der Waals surface area contributed by atoms with E-state index in [9.17, 15) is 10.2 Å². The van der Waals surface area contributed by atoms with Gasteiger partial charge in [0, 0.05) is 56.7 Å². The summed E-state index contributed by atoms with van der Waals surface area (Å²) >= 11 is 1.54. The maximum Gasteiger partial charge on any atom is 0.201 e. The zero-order valence-corrected chi connectivity index (χ0v) is 36.4. The Hall–Kier alpha value is -6.31. The van der Waals surface area contributed by atoms with Crippen LogP contribution < -0.4 is 10.6 Å². The summed E-state index contributed by atoms with van der Waals surface area (Å²) in [4.78, 5) is 9.03. The van der Waals surface area contributed by atoms with Crippen molar-refractivity contribution >= 4 is 33.7 Å². The molecule has 2 aromatic carbocycles. The predicted octanol–water partition coefficient (Wildman–Crippen LogP) is 6.39. The fraction of sp³-hybridized carbons (Fsp3) is 0.419. The first-order chi connectivity index (χ1) is 29.5. The van der Waals surface area contributed by atoms with Crippen LogP contribution in [0.4, 0.5) is 0 Å². The van der Waals surface area contributed by atoms with Crippen LogP contribution in [0.1, 0.15) is 91.9 Å². The molecule has 2 aliphatic rings. The Labute approximate surface area is 360 Å². The Morgan fingerprint density at radius 1 is 0.677 bits per heavy atom. The third-order valence-electron chi connectivity index (χ3n) is 12.0. The van der Waals surface area contributed by atoms with E-state index in [0.717, 1.165) is 41.9 Å². The standard InChI is InChI=1S/C43H48N16O2S/c1-40(2)17-27(18-41(3,4)53-40)58-37-33(49-55-58)14-31(47-51-37)29-10-8-24(12-35(29)60)39-46-25(21-62-39)16-43(7)20-28(19-42(5,6)54-43)59-38-34(50-56-59)15-32(48-52-38)30-11-9-26(13-36(30)61)57-23-44-22-45-57/h8-15,21-23,27-28,53-54,60-61H,16-20H2,1-7H3. The van der Waals surface area contributed by atoms with Gasteiger partial charge in [-0.2, -0.15) is 5.10 Å². The molecule has 6 aromatic heterocycles. The molecule has 2 aliphatic heterocycles. The number of rotatable bonds is 8. The second-order valence-corrected chi connectivity index (χ2v) is 20.0. The van der Waals surface area contributed by atoms with Gasteiger partial charge in [-0.05, 0) is 111 Å². The minimum atomic E-state index is -0.341. The van der Waals surface area contributed by atoms with Crippen LogP contribution in [0, 0.1) is 0 Å². The summed E-state index contributed by atoms with van der Waals surface area (Å²) < 4.78 is 5.36. The molecular formula is C43H48N16O2S. The van der Waals surface area contributed by atoms with Crippen molar-refractivity contribution in [3.05, 3.63) is 72.3 Å². The molecule has 0 amide bonds. The smallest absolute Gasteiger partial charge is 0.201 e. The summed E-state index contributed by atoms with van der Waals surface area (Å²) in [5.41, 5.74) is 6.27. The van der Waals surface area contributed by atoms with Gasteiger partial charge in [-0.15, -0.1) is 41.9 Å². The van der Waals surface area contributed by atoms with Crippen molar-refractivity contribution in [1.29, 1.82) is 0 Å². The maximum atomic E-state index is 11.3. The fourth-order valence-electron chi connectivity index (χ4n) is 10.1. The average Bonchev–Trinajstić information content (AvgIpc) is 4.03. The van der Waals surface area contributed by atoms with Gasteiger partial charge in [-0.25, -0.2) is 24.0 Å². The van der Waals surface area contributed by atoms with Crippen LogP contribution in [0.2, 0.25) is 0 Å². The van der Waals surface area contributed by atoms with Crippen molar-refractivity contribution in [2.45, 2.75) is 115 Å². The number of nitrogens with one attached hydrogen (secondary N) is 2. The summed E-state index contributed by atoms with van der Waals surface area (Å²) in [5.74, 6) is 0.126. The van der Waals surface area contributed by atoms with Crippen molar-refractivity contribution < 1.29 is 10.2 Å². The first-order valence-electron chi connectivity index (χ1n) is 20.7. The molecule has 2 atom stereocenters. The summed E-state index contributed by atoms with van der Waals surface area (Å²) in [6.07, 6.45) is 7.00. The van der Waals surface area contributed by atoms with Crippen molar-refractivity contribution in [3.63, 3.8) is 0 Å². The number of phenols is 2. The first kappa shape index (κ1) is 39.8. The van der Waals surface area contributed by atoms with Gasteiger partial charge >= 0.3 is 0 Å². The van der Waals surface area contributed by atoms with Crippen LogP contribution in [0.25, 0.3) is 61.1 Å². The van der Waals surface area contributed by atoms with Crippen LogP contribution in [0.3, 0.4) is 0 Å². The van der Waals surface area contributed by atoms with Gasteiger partial charge in [0.05, 0.1) is 34.9 Å². The molecule has 0 aliphatic carbocycles. The Morgan fingerprint density at radius 2 is 1.26 bits per heavy atom. The number of nitrogens with zero attached hydrogens (tertiary/aromatic N) is 14. The number of aromatic nitrogens is 14. The highest BCUT2D eigenvalue weighted by molar-refractivity contribution is 7.13. The quantitative estimate of drug-likeness (QED) is 0.130. The zero-order valence-electron chi connectivity index (χ0n) is 35.6. The number of benzene rings is 2. The third-order valence-corrected chi connectivity index (χ3v) is 12.9. The fourth-order valence-corrected chi connectivity index (χ4v) is 10.9. The summed E-state index contributed by atoms with van der Waals surface area (Å²) in [5, 5.41) is 73.0. The topological polar surface area (TPSA) is 221 Å². The molecule has 2 saturated heterocycles. The molecule has 0 bridgehead atoms. The van der Waals surface area contributed by atoms with Gasteiger partial charge in [0.1, 0.15) is 40.2 Å². The van der Waals surface area contributed by atoms with Crippen molar-refractivity contribution in [2.24, 2.45) is 0 Å². The summed E-state index contributed by atoms with van der Waals surface area (Å²) in [7, 11) is 0. The first-order valence-corrected chi connectivity index (χ1v) is 21.6. The van der Waals surface area contributed by atoms with Gasteiger partial charge in [0.25, 0.3) is 0 Å². The molecule has 19 heteroatoms. The van der Waals surface area contributed by atoms with E-state index in [2.05, 4.69) is 116 Å². The number of piperidine rings is 2. The average molecular weight is 853 g/mol. The van der Waals surface area contributed by atoms with Crippen LogP contribution in [0.15, 0.2) is 66.6 Å². The van der Waals surface area contributed by atoms with Gasteiger partial charge < -0.3 is 20.8 Å². The van der Waals surface area contributed by atoms with E-state index in [1.54, 1.807) is 46.6 Å². The second-order valence-electron chi connectivity index (χ2n) is 19.1. The van der Waals surface area contributed by atoms with Crippen LogP contribution in [-0.2, 0) is 6.42 Å².